The van der Waals surface area contributed by atoms with Gasteiger partial charge in [-0.2, -0.15) is 0 Å². The number of aliphatic hydroxyl groups is 2. The number of hydrogen-bond acceptors (Lipinski definition) is 14. The monoisotopic (exact) mass is 823 g/mol. The molecule has 1 saturated heterocycles. The first kappa shape index (κ1) is 50.7. The Labute approximate surface area is 326 Å². The van der Waals surface area contributed by atoms with Gasteiger partial charge < -0.3 is 68.2 Å². The third-order valence-corrected chi connectivity index (χ3v) is 11.7. The highest BCUT2D eigenvalue weighted by molar-refractivity contribution is 7.58. The minimum Gasteiger partial charge on any atom is -0.790 e. The Kier molecular flexibility index (Phi) is 23.9. The van der Waals surface area contributed by atoms with E-state index in [4.69, 9.17) is 4.74 Å². The SMILES string of the molecule is CC[NH+](CC)CC.CC[NH+](CC)CC.CC[NH+](CC)CC.O=c1[nH]cnc2c1N(Cc1ccccc1)CN2[C@@H]1O[C@H](COP(=O)([O-])OP(=O)([O-])[O-])[C@@H](O)[C@H]1O. The van der Waals surface area contributed by atoms with Crippen molar-refractivity contribution in [2.45, 2.75) is 93.4 Å². The van der Waals surface area contributed by atoms with Crippen LogP contribution >= 0.6 is 15.6 Å². The molecule has 0 saturated carbocycles. The number of aromatic amines is 1. The van der Waals surface area contributed by atoms with Crippen LogP contribution in [0.2, 0.25) is 0 Å². The summed E-state index contributed by atoms with van der Waals surface area (Å²) < 4.78 is 35.3. The fraction of sp³-hybridized carbons (Fsp3) is 0.714. The van der Waals surface area contributed by atoms with Crippen molar-refractivity contribution in [3.8, 4) is 0 Å². The number of benzene rings is 1. The number of rotatable bonds is 17. The van der Waals surface area contributed by atoms with E-state index < -0.39 is 52.4 Å². The van der Waals surface area contributed by atoms with E-state index in [1.807, 2.05) is 30.3 Å². The zero-order valence-electron chi connectivity index (χ0n) is 34.1. The van der Waals surface area contributed by atoms with Crippen molar-refractivity contribution in [1.29, 1.82) is 0 Å². The molecule has 55 heavy (non-hydrogen) atoms. The van der Waals surface area contributed by atoms with Gasteiger partial charge in [0.25, 0.3) is 13.4 Å². The maximum Gasteiger partial charge on any atom is 0.276 e. The lowest BCUT2D eigenvalue weighted by Gasteiger charge is -2.35. The van der Waals surface area contributed by atoms with Crippen molar-refractivity contribution in [2.24, 2.45) is 0 Å². The van der Waals surface area contributed by atoms with Gasteiger partial charge in [-0.25, -0.2) is 4.98 Å². The largest absolute Gasteiger partial charge is 0.790 e. The maximum atomic E-state index is 12.5. The molecule has 20 heteroatoms. The normalized spacial score (nSPS) is 20.3. The molecule has 2 aliphatic rings. The molecule has 0 aliphatic carbocycles. The van der Waals surface area contributed by atoms with Crippen LogP contribution in [0.3, 0.4) is 0 Å². The Morgan fingerprint density at radius 2 is 1.29 bits per heavy atom. The molecule has 3 heterocycles. The average Bonchev–Trinajstić information content (AvgIpc) is 3.66. The number of nitrogens with one attached hydrogen (secondary N) is 4. The molecule has 0 spiro atoms. The number of hydrogen-bond donors (Lipinski definition) is 6. The zero-order chi connectivity index (χ0) is 41.8. The van der Waals surface area contributed by atoms with Crippen molar-refractivity contribution < 1.29 is 62.3 Å². The number of fused-ring (bicyclic) bond motifs is 1. The van der Waals surface area contributed by atoms with E-state index >= 15 is 0 Å². The summed E-state index contributed by atoms with van der Waals surface area (Å²) in [7, 11) is -11.4. The summed E-state index contributed by atoms with van der Waals surface area (Å²) in [6.45, 7) is 30.9. The van der Waals surface area contributed by atoms with Crippen LogP contribution in [0.15, 0.2) is 41.5 Å². The number of quaternary nitrogens is 3. The average molecular weight is 824 g/mol. The van der Waals surface area contributed by atoms with Gasteiger partial charge in [0.05, 0.1) is 86.3 Å². The number of ether oxygens (including phenoxy) is 1. The number of phosphoric ester groups is 1. The van der Waals surface area contributed by atoms with Gasteiger partial charge >= 0.3 is 0 Å². The first-order valence-electron chi connectivity index (χ1n) is 19.3. The van der Waals surface area contributed by atoms with E-state index in [1.54, 1.807) is 19.6 Å². The Hall–Kier alpha value is -2.28. The molecule has 18 nitrogen and oxygen atoms in total. The molecule has 6 N–H and O–H groups in total. The maximum absolute atomic E-state index is 12.5. The van der Waals surface area contributed by atoms with Gasteiger partial charge in [0.2, 0.25) is 0 Å². The third-order valence-electron chi connectivity index (χ3n) is 9.68. The topological polar surface area (TPSA) is 237 Å². The fourth-order valence-electron chi connectivity index (χ4n) is 6.02. The molecule has 2 aromatic rings. The van der Waals surface area contributed by atoms with Crippen molar-refractivity contribution in [2.75, 3.05) is 82.0 Å². The predicted octanol–water partition coefficient (Wildman–Crippen LogP) is -2.88. The van der Waals surface area contributed by atoms with Gasteiger partial charge in [-0.05, 0) is 67.9 Å². The summed E-state index contributed by atoms with van der Waals surface area (Å²) in [5.41, 5.74) is 0.647. The fourth-order valence-corrected chi connectivity index (χ4v) is 7.52. The van der Waals surface area contributed by atoms with E-state index in [-0.39, 0.29) is 18.2 Å². The number of nitrogens with zero attached hydrogens (tertiary/aromatic N) is 3. The van der Waals surface area contributed by atoms with E-state index in [0.29, 0.717) is 6.54 Å². The molecular formula is C35H67N7O11P2. The third kappa shape index (κ3) is 17.4. The van der Waals surface area contributed by atoms with Crippen LogP contribution in [0.5, 0.6) is 0 Å². The molecule has 1 aromatic heterocycles. The minimum atomic E-state index is -5.89. The number of aliphatic hydroxyl groups excluding tert-OH is 2. The molecule has 318 valence electrons. The Morgan fingerprint density at radius 1 is 0.818 bits per heavy atom. The Morgan fingerprint density at radius 3 is 1.71 bits per heavy atom. The predicted molar refractivity (Wildman–Crippen MR) is 206 cm³/mol. The number of phosphoric acid groups is 2. The molecule has 2 aliphatic heterocycles. The van der Waals surface area contributed by atoms with Gasteiger partial charge in [-0.1, -0.05) is 30.3 Å². The molecular weight excluding hydrogens is 756 g/mol. The first-order valence-corrected chi connectivity index (χ1v) is 22.3. The quantitative estimate of drug-likeness (QED) is 0.0881. The zero-order valence-corrected chi connectivity index (χ0v) is 35.9. The lowest BCUT2D eigenvalue weighted by atomic mass is 10.1. The highest BCUT2D eigenvalue weighted by Gasteiger charge is 2.49. The van der Waals surface area contributed by atoms with Crippen LogP contribution < -0.4 is 44.7 Å². The summed E-state index contributed by atoms with van der Waals surface area (Å²) in [5, 5.41) is 20.9. The Bertz CT molecular complexity index is 1430. The molecule has 0 bridgehead atoms. The Balaban J connectivity index is 0.000000588. The van der Waals surface area contributed by atoms with E-state index in [0.717, 1.165) is 11.9 Å². The summed E-state index contributed by atoms with van der Waals surface area (Å²) in [6.07, 6.45) is -4.80. The van der Waals surface area contributed by atoms with Crippen LogP contribution in [-0.4, -0.2) is 117 Å². The van der Waals surface area contributed by atoms with Gasteiger partial charge in [0, 0.05) is 6.54 Å². The van der Waals surface area contributed by atoms with Crippen molar-refractivity contribution in [3.63, 3.8) is 0 Å². The smallest absolute Gasteiger partial charge is 0.276 e. The van der Waals surface area contributed by atoms with Crippen LogP contribution in [0.25, 0.3) is 0 Å². The molecule has 1 aromatic carbocycles. The van der Waals surface area contributed by atoms with Gasteiger partial charge in [-0.15, -0.1) is 0 Å². The van der Waals surface area contributed by atoms with Crippen molar-refractivity contribution in [1.82, 2.24) is 9.97 Å². The van der Waals surface area contributed by atoms with Gasteiger partial charge in [0.15, 0.2) is 12.0 Å². The highest BCUT2D eigenvalue weighted by Crippen LogP contribution is 2.50. The summed E-state index contributed by atoms with van der Waals surface area (Å²) in [5.74, 6) is 0.161. The highest BCUT2D eigenvalue weighted by atomic mass is 31.3. The summed E-state index contributed by atoms with van der Waals surface area (Å²) >= 11 is 0. The van der Waals surface area contributed by atoms with Crippen LogP contribution in [0.1, 0.15) is 67.9 Å². The molecule has 5 atom stereocenters. The van der Waals surface area contributed by atoms with E-state index in [9.17, 15) is 38.8 Å². The van der Waals surface area contributed by atoms with Crippen LogP contribution in [0, 0.1) is 0 Å². The number of H-pyrrole nitrogens is 1. The van der Waals surface area contributed by atoms with Gasteiger partial charge in [-0.3, -0.25) is 13.7 Å². The van der Waals surface area contributed by atoms with Crippen LogP contribution in [-0.2, 0) is 29.2 Å². The second-order valence-electron chi connectivity index (χ2n) is 12.9. The minimum absolute atomic E-state index is 0.0328. The second kappa shape index (κ2) is 25.9. The standard InChI is InChI=1S/C17H22N4O11P2.3C6H15N/c22-13-11(7-30-34(28,29)32-33(25,26)27)31-17(14(13)23)21-9-20(6-10-4-2-1-3-5-10)12-15(21)18-8-19-16(12)24;3*1-4-7(5-2)6-3/h1-5,8,11,13-14,17,22-23H,6-7,9H2,(H,28,29)(H,18,19,24)(H2,25,26,27);3*4-6H2,1-3H3/t11-,13-,14-,17-;;;/m1.../s1. The number of aromatic nitrogens is 2. The number of anilines is 2. The summed E-state index contributed by atoms with van der Waals surface area (Å²) in [4.78, 5) is 59.8. The lowest BCUT2D eigenvalue weighted by Crippen LogP contribution is -3.11. The van der Waals surface area contributed by atoms with Crippen molar-refractivity contribution >= 4 is 27.2 Å². The second-order valence-corrected chi connectivity index (χ2v) is 15.6. The van der Waals surface area contributed by atoms with Crippen molar-refractivity contribution in [3.05, 3.63) is 52.6 Å². The molecule has 0 amide bonds. The van der Waals surface area contributed by atoms with Gasteiger partial charge in [0.1, 0.15) is 24.0 Å². The molecule has 1 fully saturated rings. The first-order chi connectivity index (χ1) is 26.0. The summed E-state index contributed by atoms with van der Waals surface area (Å²) in [6, 6.07) is 9.22. The van der Waals surface area contributed by atoms with E-state index in [2.05, 4.69) is 81.1 Å². The van der Waals surface area contributed by atoms with Crippen LogP contribution in [0.4, 0.5) is 11.5 Å². The lowest BCUT2D eigenvalue weighted by molar-refractivity contribution is -0.894. The molecule has 4 rings (SSSR count). The molecule has 1 unspecified atom stereocenters. The van der Waals surface area contributed by atoms with E-state index in [1.165, 1.54) is 63.8 Å². The molecule has 0 radical (unpaired) electrons.